The Bertz CT molecular complexity index is 1240. The third-order valence-electron chi connectivity index (χ3n) is 4.51. The van der Waals surface area contributed by atoms with Crippen LogP contribution in [-0.2, 0) is 12.0 Å². The molecule has 0 fully saturated rings. The number of aromatic nitrogens is 3. The van der Waals surface area contributed by atoms with E-state index >= 15 is 0 Å². The fraction of sp³-hybridized carbons (Fsp3) is 0.278. The van der Waals surface area contributed by atoms with Crippen molar-refractivity contribution in [1.29, 1.82) is 0 Å². The van der Waals surface area contributed by atoms with Crippen LogP contribution in [0.5, 0.6) is 0 Å². The van der Waals surface area contributed by atoms with Gasteiger partial charge in [-0.2, -0.15) is 0 Å². The average molecular weight is 459 g/mol. The number of nitrogens with zero attached hydrogens (tertiary/aromatic N) is 7. The van der Waals surface area contributed by atoms with Gasteiger partial charge in [-0.1, -0.05) is 54.7 Å². The molecule has 3 rings (SSSR count). The molecule has 0 radical (unpaired) electrons. The molecule has 0 N–H and O–H groups in total. The van der Waals surface area contributed by atoms with Crippen LogP contribution < -0.4 is 4.80 Å². The minimum absolute atomic E-state index is 0.0257. The summed E-state index contributed by atoms with van der Waals surface area (Å²) in [6.45, 7) is 6.47. The van der Waals surface area contributed by atoms with E-state index in [1.165, 1.54) is 4.68 Å². The zero-order chi connectivity index (χ0) is 23.6. The lowest BCUT2D eigenvalue weighted by Gasteiger charge is -2.19. The number of nitro benzene ring substituents is 3. The van der Waals surface area contributed by atoms with Crippen LogP contribution in [-0.4, -0.2) is 29.2 Å². The minimum Gasteiger partial charge on any atom is -0.258 e. The molecule has 32 heavy (non-hydrogen) atoms. The van der Waals surface area contributed by atoms with Crippen LogP contribution in [0.15, 0.2) is 41.4 Å². The highest BCUT2D eigenvalue weighted by Gasteiger charge is 2.30. The molecule has 0 amide bonds. The Morgan fingerprint density at radius 2 is 1.53 bits per heavy atom. The van der Waals surface area contributed by atoms with E-state index in [2.05, 4.69) is 35.5 Å². The zero-order valence-electron chi connectivity index (χ0n) is 17.2. The monoisotopic (exact) mass is 459 g/mol. The van der Waals surface area contributed by atoms with Crippen LogP contribution in [0.4, 0.5) is 22.7 Å². The molecule has 0 bridgehead atoms. The average Bonchev–Trinajstić information content (AvgIpc) is 3.13. The molecule has 14 heteroatoms. The van der Waals surface area contributed by atoms with Gasteiger partial charge in [0.05, 0.1) is 33.4 Å². The Kier molecular flexibility index (Phi) is 6.06. The van der Waals surface area contributed by atoms with Crippen molar-refractivity contribution in [2.24, 2.45) is 4.99 Å². The molecular formula is C18H17N7O6S. The van der Waals surface area contributed by atoms with Gasteiger partial charge in [-0.15, -0.1) is 0 Å². The van der Waals surface area contributed by atoms with Crippen molar-refractivity contribution in [1.82, 2.24) is 14.4 Å². The SMILES string of the molecule is CC(C)(C)c1ccc(Cn2nnsc2=Nc2c([N+](=O)[O-])cc([N+](=O)[O-])cc2[N+](=O)[O-])cc1. The predicted molar refractivity (Wildman–Crippen MR) is 114 cm³/mol. The molecule has 1 heterocycles. The Morgan fingerprint density at radius 3 is 2.00 bits per heavy atom. The first-order valence-electron chi connectivity index (χ1n) is 9.12. The lowest BCUT2D eigenvalue weighted by Crippen LogP contribution is -2.17. The van der Waals surface area contributed by atoms with Gasteiger partial charge in [0.15, 0.2) is 0 Å². The van der Waals surface area contributed by atoms with E-state index in [4.69, 9.17) is 0 Å². The zero-order valence-corrected chi connectivity index (χ0v) is 18.0. The van der Waals surface area contributed by atoms with E-state index in [-0.39, 0.29) is 16.8 Å². The topological polar surface area (TPSA) is 172 Å². The summed E-state index contributed by atoms with van der Waals surface area (Å²) in [4.78, 5) is 35.2. The van der Waals surface area contributed by atoms with E-state index in [0.717, 1.165) is 22.7 Å². The lowest BCUT2D eigenvalue weighted by atomic mass is 9.87. The van der Waals surface area contributed by atoms with E-state index in [1.54, 1.807) is 0 Å². The number of nitro groups is 3. The number of benzene rings is 2. The molecule has 0 aliphatic heterocycles. The molecular weight excluding hydrogens is 442 g/mol. The Balaban J connectivity index is 2.09. The van der Waals surface area contributed by atoms with Crippen LogP contribution in [0.25, 0.3) is 0 Å². The summed E-state index contributed by atoms with van der Waals surface area (Å²) < 4.78 is 5.12. The van der Waals surface area contributed by atoms with Crippen molar-refractivity contribution in [3.05, 3.63) is 82.7 Å². The van der Waals surface area contributed by atoms with Crippen molar-refractivity contribution in [2.45, 2.75) is 32.7 Å². The van der Waals surface area contributed by atoms with E-state index in [0.29, 0.717) is 12.1 Å². The third-order valence-corrected chi connectivity index (χ3v) is 5.13. The smallest absolute Gasteiger partial charge is 0.258 e. The molecule has 0 atom stereocenters. The fourth-order valence-electron chi connectivity index (χ4n) is 2.83. The molecule has 1 aromatic heterocycles. The van der Waals surface area contributed by atoms with Gasteiger partial charge in [-0.3, -0.25) is 30.3 Å². The Hall–Kier alpha value is -4.07. The van der Waals surface area contributed by atoms with E-state index < -0.39 is 37.5 Å². The number of non-ortho nitro benzene ring substituents is 1. The molecule has 2 aromatic carbocycles. The molecule has 0 aliphatic rings. The van der Waals surface area contributed by atoms with Gasteiger partial charge >= 0.3 is 11.4 Å². The molecule has 13 nitrogen and oxygen atoms in total. The summed E-state index contributed by atoms with van der Waals surface area (Å²) in [5.41, 5.74) is -1.17. The minimum atomic E-state index is -0.955. The Morgan fingerprint density at radius 1 is 0.969 bits per heavy atom. The second-order valence-corrected chi connectivity index (χ2v) is 8.48. The highest BCUT2D eigenvalue weighted by molar-refractivity contribution is 7.02. The van der Waals surface area contributed by atoms with Crippen LogP contribution >= 0.6 is 11.5 Å². The van der Waals surface area contributed by atoms with E-state index in [9.17, 15) is 30.3 Å². The molecule has 3 aromatic rings. The maximum absolute atomic E-state index is 11.5. The van der Waals surface area contributed by atoms with Crippen molar-refractivity contribution in [3.63, 3.8) is 0 Å². The highest BCUT2D eigenvalue weighted by Crippen LogP contribution is 2.40. The first-order chi connectivity index (χ1) is 15.0. The highest BCUT2D eigenvalue weighted by atomic mass is 32.1. The maximum Gasteiger partial charge on any atom is 0.308 e. The second kappa shape index (κ2) is 8.58. The van der Waals surface area contributed by atoms with Crippen LogP contribution in [0.1, 0.15) is 31.9 Å². The maximum atomic E-state index is 11.5. The summed E-state index contributed by atoms with van der Waals surface area (Å²) in [5.74, 6) is 0. The van der Waals surface area contributed by atoms with Gasteiger partial charge in [0, 0.05) is 11.5 Å². The molecule has 0 saturated heterocycles. The van der Waals surface area contributed by atoms with Gasteiger partial charge in [0.1, 0.15) is 0 Å². The predicted octanol–water partition coefficient (Wildman–Crippen LogP) is 3.64. The standard InChI is InChI=1S/C18H17N7O6S/c1-18(2,3)12-6-4-11(5-7-12)10-22-17(32-21-20-22)19-16-14(24(28)29)8-13(23(26)27)9-15(16)25(30)31/h4-9H,10H2,1-3H3. The van der Waals surface area contributed by atoms with Crippen molar-refractivity contribution >= 4 is 34.3 Å². The Labute approximate surface area is 184 Å². The van der Waals surface area contributed by atoms with Crippen LogP contribution in [0.3, 0.4) is 0 Å². The van der Waals surface area contributed by atoms with Crippen molar-refractivity contribution < 1.29 is 14.8 Å². The molecule has 0 spiro atoms. The first kappa shape index (κ1) is 22.6. The quantitative estimate of drug-likeness (QED) is 0.397. The number of hydrogen-bond acceptors (Lipinski definition) is 10. The molecule has 0 saturated carbocycles. The van der Waals surface area contributed by atoms with Gasteiger partial charge < -0.3 is 0 Å². The van der Waals surface area contributed by atoms with Gasteiger partial charge in [0.25, 0.3) is 5.69 Å². The number of hydrogen-bond donors (Lipinski definition) is 0. The van der Waals surface area contributed by atoms with Gasteiger partial charge in [0.2, 0.25) is 10.5 Å². The normalized spacial score (nSPS) is 12.0. The second-order valence-electron chi connectivity index (χ2n) is 7.77. The summed E-state index contributed by atoms with van der Waals surface area (Å²) in [6.07, 6.45) is 0. The first-order valence-corrected chi connectivity index (χ1v) is 9.89. The summed E-state index contributed by atoms with van der Waals surface area (Å²) in [7, 11) is 0. The van der Waals surface area contributed by atoms with Crippen molar-refractivity contribution in [3.8, 4) is 0 Å². The lowest BCUT2D eigenvalue weighted by molar-refractivity contribution is -0.402. The molecule has 0 unspecified atom stereocenters. The van der Waals surface area contributed by atoms with Crippen LogP contribution in [0.2, 0.25) is 0 Å². The molecule has 166 valence electrons. The van der Waals surface area contributed by atoms with Crippen molar-refractivity contribution in [2.75, 3.05) is 0 Å². The third kappa shape index (κ3) is 4.80. The van der Waals surface area contributed by atoms with Gasteiger partial charge in [-0.05, 0) is 16.5 Å². The summed E-state index contributed by atoms with van der Waals surface area (Å²) >= 11 is 0.778. The summed E-state index contributed by atoms with van der Waals surface area (Å²) in [6, 6.07) is 9.00. The fourth-order valence-corrected chi connectivity index (χ4v) is 3.35. The van der Waals surface area contributed by atoms with E-state index in [1.807, 2.05) is 24.3 Å². The molecule has 0 aliphatic carbocycles. The summed E-state index contributed by atoms with van der Waals surface area (Å²) in [5, 5.41) is 37.9. The van der Waals surface area contributed by atoms with Gasteiger partial charge in [-0.25, -0.2) is 9.67 Å². The largest absolute Gasteiger partial charge is 0.308 e. The number of rotatable bonds is 6. The van der Waals surface area contributed by atoms with Crippen LogP contribution in [0, 0.1) is 30.3 Å².